The van der Waals surface area contributed by atoms with Crippen LogP contribution in [0.25, 0.3) is 0 Å². The molecular weight excluding hydrogens is 269 g/mol. The van der Waals surface area contributed by atoms with Crippen molar-refractivity contribution in [3.05, 3.63) is 35.6 Å². The van der Waals surface area contributed by atoms with Crippen molar-refractivity contribution in [2.45, 2.75) is 56.7 Å². The normalized spacial score (nSPS) is 18.1. The smallest absolute Gasteiger partial charge is 0.123 e. The van der Waals surface area contributed by atoms with Gasteiger partial charge < -0.3 is 5.32 Å². The molecule has 1 fully saturated rings. The zero-order valence-corrected chi connectivity index (χ0v) is 13.2. The Bertz CT molecular complexity index is 390. The van der Waals surface area contributed by atoms with Crippen LogP contribution in [-0.4, -0.2) is 23.6 Å². The average Bonchev–Trinajstić information content (AvgIpc) is 2.46. The van der Waals surface area contributed by atoms with Crippen LogP contribution >= 0.6 is 11.8 Å². The SMILES string of the molecule is CCNC(CSC1CCCCC1)Cc1cccc(F)c1. The number of rotatable bonds is 7. The van der Waals surface area contributed by atoms with Crippen LogP contribution in [-0.2, 0) is 6.42 Å². The molecule has 0 radical (unpaired) electrons. The third-order valence-corrected chi connectivity index (χ3v) is 5.49. The zero-order valence-electron chi connectivity index (χ0n) is 12.4. The predicted octanol–water partition coefficient (Wildman–Crippen LogP) is 4.41. The first-order valence-electron chi connectivity index (χ1n) is 7.87. The van der Waals surface area contributed by atoms with Gasteiger partial charge in [0.15, 0.2) is 0 Å². The number of nitrogens with one attached hydrogen (secondary N) is 1. The summed E-state index contributed by atoms with van der Waals surface area (Å²) in [5.41, 5.74) is 1.10. The van der Waals surface area contributed by atoms with Crippen molar-refractivity contribution >= 4 is 11.8 Å². The molecule has 1 unspecified atom stereocenters. The Balaban J connectivity index is 1.82. The monoisotopic (exact) mass is 295 g/mol. The summed E-state index contributed by atoms with van der Waals surface area (Å²) in [5, 5.41) is 4.39. The quantitative estimate of drug-likeness (QED) is 0.799. The van der Waals surface area contributed by atoms with Crippen molar-refractivity contribution in [2.24, 2.45) is 0 Å². The van der Waals surface area contributed by atoms with Crippen LogP contribution in [0.1, 0.15) is 44.6 Å². The van der Waals surface area contributed by atoms with E-state index in [1.165, 1.54) is 38.2 Å². The minimum Gasteiger partial charge on any atom is -0.313 e. The van der Waals surface area contributed by atoms with Crippen LogP contribution in [0.5, 0.6) is 0 Å². The maximum absolute atomic E-state index is 13.3. The summed E-state index contributed by atoms with van der Waals surface area (Å²) in [6, 6.07) is 7.47. The van der Waals surface area contributed by atoms with Gasteiger partial charge in [0.1, 0.15) is 5.82 Å². The van der Waals surface area contributed by atoms with Crippen LogP contribution in [0.2, 0.25) is 0 Å². The molecule has 1 aromatic rings. The molecule has 0 amide bonds. The molecule has 0 aliphatic heterocycles. The molecule has 1 aliphatic rings. The molecule has 1 aromatic carbocycles. The van der Waals surface area contributed by atoms with Gasteiger partial charge in [0, 0.05) is 17.0 Å². The van der Waals surface area contributed by atoms with E-state index in [1.54, 1.807) is 6.07 Å². The van der Waals surface area contributed by atoms with Gasteiger partial charge in [0.2, 0.25) is 0 Å². The first-order chi connectivity index (χ1) is 9.78. The van der Waals surface area contributed by atoms with Crippen LogP contribution in [0.3, 0.4) is 0 Å². The predicted molar refractivity (Wildman–Crippen MR) is 86.9 cm³/mol. The Morgan fingerprint density at radius 2 is 2.10 bits per heavy atom. The molecule has 2 rings (SSSR count). The first-order valence-corrected chi connectivity index (χ1v) is 8.92. The van der Waals surface area contributed by atoms with E-state index in [4.69, 9.17) is 0 Å². The fourth-order valence-electron chi connectivity index (χ4n) is 2.91. The van der Waals surface area contributed by atoms with Crippen LogP contribution < -0.4 is 5.32 Å². The second-order valence-corrected chi connectivity index (χ2v) is 7.02. The van der Waals surface area contributed by atoms with E-state index >= 15 is 0 Å². The molecule has 0 saturated heterocycles. The number of halogens is 1. The third kappa shape index (κ3) is 5.45. The Hall–Kier alpha value is -0.540. The Morgan fingerprint density at radius 3 is 2.80 bits per heavy atom. The molecule has 1 aliphatic carbocycles. The van der Waals surface area contributed by atoms with Gasteiger partial charge in [-0.3, -0.25) is 0 Å². The minimum absolute atomic E-state index is 0.127. The van der Waals surface area contributed by atoms with Gasteiger partial charge in [-0.25, -0.2) is 4.39 Å². The summed E-state index contributed by atoms with van der Waals surface area (Å²) in [4.78, 5) is 0. The molecule has 0 spiro atoms. The summed E-state index contributed by atoms with van der Waals surface area (Å²) in [6.07, 6.45) is 7.89. The van der Waals surface area contributed by atoms with Gasteiger partial charge in [-0.05, 0) is 43.5 Å². The Morgan fingerprint density at radius 1 is 1.30 bits per heavy atom. The number of likely N-dealkylation sites (N-methyl/N-ethyl adjacent to an activating group) is 1. The van der Waals surface area contributed by atoms with Gasteiger partial charge in [-0.2, -0.15) is 11.8 Å². The van der Waals surface area contributed by atoms with Crippen LogP contribution in [0.15, 0.2) is 24.3 Å². The lowest BCUT2D eigenvalue weighted by atomic mass is 10.0. The largest absolute Gasteiger partial charge is 0.313 e. The van der Waals surface area contributed by atoms with E-state index in [0.717, 1.165) is 29.5 Å². The molecule has 3 heteroatoms. The van der Waals surface area contributed by atoms with Gasteiger partial charge in [0.05, 0.1) is 0 Å². The highest BCUT2D eigenvalue weighted by molar-refractivity contribution is 7.99. The van der Waals surface area contributed by atoms with Crippen molar-refractivity contribution in [3.8, 4) is 0 Å². The van der Waals surface area contributed by atoms with E-state index in [2.05, 4.69) is 24.0 Å². The highest BCUT2D eigenvalue weighted by Crippen LogP contribution is 2.28. The number of thioether (sulfide) groups is 1. The van der Waals surface area contributed by atoms with E-state index in [1.807, 2.05) is 12.1 Å². The maximum atomic E-state index is 13.3. The second kappa shape index (κ2) is 8.68. The summed E-state index contributed by atoms with van der Waals surface area (Å²) in [5.74, 6) is 1.01. The number of hydrogen-bond acceptors (Lipinski definition) is 2. The molecule has 20 heavy (non-hydrogen) atoms. The topological polar surface area (TPSA) is 12.0 Å². The standard InChI is InChI=1S/C17H26FNS/c1-2-19-16(12-14-7-6-8-15(18)11-14)13-20-17-9-4-3-5-10-17/h6-8,11,16-17,19H,2-5,9-10,12-13H2,1H3. The molecule has 0 heterocycles. The van der Waals surface area contributed by atoms with Crippen molar-refractivity contribution < 1.29 is 4.39 Å². The summed E-state index contributed by atoms with van der Waals surface area (Å²) < 4.78 is 13.3. The molecule has 1 N–H and O–H groups in total. The molecule has 1 saturated carbocycles. The fourth-order valence-corrected chi connectivity index (χ4v) is 4.32. The highest BCUT2D eigenvalue weighted by Gasteiger charge is 2.16. The summed E-state index contributed by atoms with van der Waals surface area (Å²) >= 11 is 2.11. The fraction of sp³-hybridized carbons (Fsp3) is 0.647. The van der Waals surface area contributed by atoms with Crippen molar-refractivity contribution in [2.75, 3.05) is 12.3 Å². The van der Waals surface area contributed by atoms with Crippen LogP contribution in [0.4, 0.5) is 4.39 Å². The lowest BCUT2D eigenvalue weighted by molar-refractivity contribution is 0.513. The minimum atomic E-state index is -0.127. The van der Waals surface area contributed by atoms with Gasteiger partial charge in [0.25, 0.3) is 0 Å². The highest BCUT2D eigenvalue weighted by atomic mass is 32.2. The van der Waals surface area contributed by atoms with E-state index in [9.17, 15) is 4.39 Å². The molecule has 1 atom stereocenters. The molecule has 0 aromatic heterocycles. The Labute approximate surface area is 126 Å². The van der Waals surface area contributed by atoms with Crippen LogP contribution in [0, 0.1) is 5.82 Å². The van der Waals surface area contributed by atoms with Crippen molar-refractivity contribution in [3.63, 3.8) is 0 Å². The first kappa shape index (κ1) is 15.8. The average molecular weight is 295 g/mol. The zero-order chi connectivity index (χ0) is 14.2. The van der Waals surface area contributed by atoms with Crippen molar-refractivity contribution in [1.82, 2.24) is 5.32 Å². The van der Waals surface area contributed by atoms with Gasteiger partial charge in [-0.15, -0.1) is 0 Å². The van der Waals surface area contributed by atoms with E-state index < -0.39 is 0 Å². The van der Waals surface area contributed by atoms with E-state index in [-0.39, 0.29) is 5.82 Å². The van der Waals surface area contributed by atoms with Gasteiger partial charge >= 0.3 is 0 Å². The maximum Gasteiger partial charge on any atom is 0.123 e. The Kier molecular flexibility index (Phi) is 6.88. The molecule has 1 nitrogen and oxygen atoms in total. The lowest BCUT2D eigenvalue weighted by Crippen LogP contribution is -2.34. The summed E-state index contributed by atoms with van der Waals surface area (Å²) in [6.45, 7) is 3.12. The van der Waals surface area contributed by atoms with E-state index in [0.29, 0.717) is 6.04 Å². The molecular formula is C17H26FNS. The third-order valence-electron chi connectivity index (χ3n) is 3.95. The second-order valence-electron chi connectivity index (χ2n) is 5.68. The molecule has 0 bridgehead atoms. The lowest BCUT2D eigenvalue weighted by Gasteiger charge is -2.24. The summed E-state index contributed by atoms with van der Waals surface area (Å²) in [7, 11) is 0. The van der Waals surface area contributed by atoms with Gasteiger partial charge in [-0.1, -0.05) is 38.3 Å². The molecule has 112 valence electrons. The number of benzene rings is 1. The van der Waals surface area contributed by atoms with Crippen molar-refractivity contribution in [1.29, 1.82) is 0 Å². The number of hydrogen-bond donors (Lipinski definition) is 1.